The standard InChI is InChI=1S/C19H21N3O/c1-19(2,14-5-4-6-15(11-14)23-3)13-22-17-8-10-21-18-12-20-9-7-16(17)18/h4-12H,13H2,1-3H3,(H,21,22). The predicted molar refractivity (Wildman–Crippen MR) is 94.0 cm³/mol. The van der Waals surface area contributed by atoms with E-state index >= 15 is 0 Å². The first-order valence-corrected chi connectivity index (χ1v) is 7.67. The SMILES string of the molecule is COc1cccc(C(C)(C)CNc2ccnc3cnccc23)c1. The number of rotatable bonds is 5. The molecule has 4 nitrogen and oxygen atoms in total. The molecule has 2 heterocycles. The van der Waals surface area contributed by atoms with Crippen LogP contribution in [0.1, 0.15) is 19.4 Å². The van der Waals surface area contributed by atoms with Crippen molar-refractivity contribution in [3.8, 4) is 5.75 Å². The Morgan fingerprint density at radius 3 is 2.83 bits per heavy atom. The Morgan fingerprint density at radius 1 is 1.13 bits per heavy atom. The smallest absolute Gasteiger partial charge is 0.119 e. The van der Waals surface area contributed by atoms with Gasteiger partial charge < -0.3 is 10.1 Å². The molecule has 1 N–H and O–H groups in total. The number of hydrogen-bond acceptors (Lipinski definition) is 4. The molecule has 0 bridgehead atoms. The van der Waals surface area contributed by atoms with Crippen LogP contribution >= 0.6 is 0 Å². The largest absolute Gasteiger partial charge is 0.497 e. The van der Waals surface area contributed by atoms with Crippen molar-refractivity contribution in [1.29, 1.82) is 0 Å². The van der Waals surface area contributed by atoms with Gasteiger partial charge in [0, 0.05) is 35.4 Å². The zero-order valence-electron chi connectivity index (χ0n) is 13.7. The first-order valence-electron chi connectivity index (χ1n) is 7.67. The van der Waals surface area contributed by atoms with E-state index in [2.05, 4.69) is 41.3 Å². The molecule has 0 aliphatic heterocycles. The van der Waals surface area contributed by atoms with E-state index in [-0.39, 0.29) is 5.41 Å². The Bertz CT molecular complexity index is 809. The lowest BCUT2D eigenvalue weighted by molar-refractivity contribution is 0.412. The predicted octanol–water partition coefficient (Wildman–Crippen LogP) is 4.03. The fourth-order valence-corrected chi connectivity index (χ4v) is 2.62. The number of fused-ring (bicyclic) bond motifs is 1. The van der Waals surface area contributed by atoms with E-state index in [1.165, 1.54) is 5.56 Å². The van der Waals surface area contributed by atoms with Gasteiger partial charge in [-0.05, 0) is 29.8 Å². The van der Waals surface area contributed by atoms with Crippen LogP contribution in [-0.4, -0.2) is 23.6 Å². The zero-order valence-corrected chi connectivity index (χ0v) is 13.7. The zero-order chi connectivity index (χ0) is 16.3. The third-order valence-electron chi connectivity index (χ3n) is 4.12. The molecular weight excluding hydrogens is 286 g/mol. The number of ether oxygens (including phenoxy) is 1. The quantitative estimate of drug-likeness (QED) is 0.773. The molecule has 0 fully saturated rings. The van der Waals surface area contributed by atoms with Gasteiger partial charge in [-0.25, -0.2) is 0 Å². The molecule has 0 saturated carbocycles. The maximum Gasteiger partial charge on any atom is 0.119 e. The van der Waals surface area contributed by atoms with E-state index in [9.17, 15) is 0 Å². The van der Waals surface area contributed by atoms with Crippen LogP contribution in [0.5, 0.6) is 5.75 Å². The van der Waals surface area contributed by atoms with Gasteiger partial charge in [-0.3, -0.25) is 9.97 Å². The Balaban J connectivity index is 1.83. The molecule has 0 spiro atoms. The van der Waals surface area contributed by atoms with Crippen molar-refractivity contribution < 1.29 is 4.74 Å². The van der Waals surface area contributed by atoms with Gasteiger partial charge in [0.1, 0.15) is 5.75 Å². The number of aromatic nitrogens is 2. The van der Waals surface area contributed by atoms with Gasteiger partial charge in [0.15, 0.2) is 0 Å². The average Bonchev–Trinajstić information content (AvgIpc) is 2.60. The molecule has 0 aliphatic carbocycles. The van der Waals surface area contributed by atoms with Crippen molar-refractivity contribution in [2.75, 3.05) is 19.0 Å². The number of hydrogen-bond donors (Lipinski definition) is 1. The van der Waals surface area contributed by atoms with Gasteiger partial charge >= 0.3 is 0 Å². The van der Waals surface area contributed by atoms with E-state index in [1.54, 1.807) is 19.5 Å². The van der Waals surface area contributed by atoms with Gasteiger partial charge in [-0.2, -0.15) is 0 Å². The lowest BCUT2D eigenvalue weighted by atomic mass is 9.84. The van der Waals surface area contributed by atoms with Crippen LogP contribution in [0.25, 0.3) is 10.9 Å². The first kappa shape index (κ1) is 15.3. The van der Waals surface area contributed by atoms with Crippen LogP contribution in [0.2, 0.25) is 0 Å². The maximum absolute atomic E-state index is 5.33. The summed E-state index contributed by atoms with van der Waals surface area (Å²) in [5.74, 6) is 0.885. The second kappa shape index (κ2) is 6.24. The molecule has 0 amide bonds. The van der Waals surface area contributed by atoms with Crippen molar-refractivity contribution in [1.82, 2.24) is 9.97 Å². The summed E-state index contributed by atoms with van der Waals surface area (Å²) in [7, 11) is 1.70. The van der Waals surface area contributed by atoms with Crippen molar-refractivity contribution in [3.63, 3.8) is 0 Å². The van der Waals surface area contributed by atoms with E-state index in [0.29, 0.717) is 0 Å². The monoisotopic (exact) mass is 307 g/mol. The summed E-state index contributed by atoms with van der Waals surface area (Å²) < 4.78 is 5.33. The summed E-state index contributed by atoms with van der Waals surface area (Å²) in [6, 6.07) is 12.2. The topological polar surface area (TPSA) is 47.0 Å². The van der Waals surface area contributed by atoms with Crippen molar-refractivity contribution in [2.24, 2.45) is 0 Å². The highest BCUT2D eigenvalue weighted by atomic mass is 16.5. The number of nitrogens with one attached hydrogen (secondary N) is 1. The minimum Gasteiger partial charge on any atom is -0.497 e. The van der Waals surface area contributed by atoms with Crippen LogP contribution in [0.15, 0.2) is 55.0 Å². The number of nitrogens with zero attached hydrogens (tertiary/aromatic N) is 2. The highest BCUT2D eigenvalue weighted by Gasteiger charge is 2.21. The van der Waals surface area contributed by atoms with Crippen LogP contribution in [0.4, 0.5) is 5.69 Å². The van der Waals surface area contributed by atoms with Gasteiger partial charge in [-0.15, -0.1) is 0 Å². The number of methoxy groups -OCH3 is 1. The summed E-state index contributed by atoms with van der Waals surface area (Å²) in [6.45, 7) is 5.25. The highest BCUT2D eigenvalue weighted by Crippen LogP contribution is 2.28. The molecule has 0 saturated heterocycles. The van der Waals surface area contributed by atoms with Crippen molar-refractivity contribution >= 4 is 16.6 Å². The third-order valence-corrected chi connectivity index (χ3v) is 4.12. The second-order valence-electron chi connectivity index (χ2n) is 6.22. The Morgan fingerprint density at radius 2 is 2.00 bits per heavy atom. The van der Waals surface area contributed by atoms with E-state index < -0.39 is 0 Å². The summed E-state index contributed by atoms with van der Waals surface area (Å²) in [5.41, 5.74) is 3.19. The van der Waals surface area contributed by atoms with E-state index in [0.717, 1.165) is 28.9 Å². The summed E-state index contributed by atoms with van der Waals surface area (Å²) in [4.78, 5) is 8.47. The number of benzene rings is 1. The Labute approximate surface area is 136 Å². The lowest BCUT2D eigenvalue weighted by Crippen LogP contribution is -2.27. The first-order chi connectivity index (χ1) is 11.1. The van der Waals surface area contributed by atoms with Crippen LogP contribution in [-0.2, 0) is 5.41 Å². The highest BCUT2D eigenvalue weighted by molar-refractivity contribution is 5.90. The van der Waals surface area contributed by atoms with E-state index in [4.69, 9.17) is 4.74 Å². The van der Waals surface area contributed by atoms with Gasteiger partial charge in [0.25, 0.3) is 0 Å². The fourth-order valence-electron chi connectivity index (χ4n) is 2.62. The number of pyridine rings is 2. The molecular formula is C19H21N3O. The minimum absolute atomic E-state index is 0.0306. The molecule has 3 rings (SSSR count). The molecule has 2 aromatic heterocycles. The minimum atomic E-state index is -0.0306. The van der Waals surface area contributed by atoms with Crippen LogP contribution < -0.4 is 10.1 Å². The average molecular weight is 307 g/mol. The molecule has 1 aromatic carbocycles. The Hall–Kier alpha value is -2.62. The van der Waals surface area contributed by atoms with Gasteiger partial charge in [0.05, 0.1) is 18.8 Å². The molecule has 23 heavy (non-hydrogen) atoms. The lowest BCUT2D eigenvalue weighted by Gasteiger charge is -2.27. The van der Waals surface area contributed by atoms with Gasteiger partial charge in [0.2, 0.25) is 0 Å². The fraction of sp³-hybridized carbons (Fsp3) is 0.263. The summed E-state index contributed by atoms with van der Waals surface area (Å²) in [5, 5.41) is 4.64. The van der Waals surface area contributed by atoms with Gasteiger partial charge in [-0.1, -0.05) is 26.0 Å². The summed E-state index contributed by atoms with van der Waals surface area (Å²) in [6.07, 6.45) is 5.39. The molecule has 3 aromatic rings. The molecule has 0 unspecified atom stereocenters. The molecule has 0 atom stereocenters. The Kier molecular flexibility index (Phi) is 4.15. The van der Waals surface area contributed by atoms with Crippen LogP contribution in [0, 0.1) is 0 Å². The maximum atomic E-state index is 5.33. The molecule has 118 valence electrons. The van der Waals surface area contributed by atoms with Crippen molar-refractivity contribution in [3.05, 3.63) is 60.6 Å². The second-order valence-corrected chi connectivity index (χ2v) is 6.22. The molecule has 0 radical (unpaired) electrons. The number of anilines is 1. The third kappa shape index (κ3) is 3.26. The normalized spacial score (nSPS) is 11.4. The summed E-state index contributed by atoms with van der Waals surface area (Å²) >= 11 is 0. The molecule has 0 aliphatic rings. The van der Waals surface area contributed by atoms with Crippen molar-refractivity contribution in [2.45, 2.75) is 19.3 Å². The van der Waals surface area contributed by atoms with Crippen LogP contribution in [0.3, 0.4) is 0 Å². The molecule has 4 heteroatoms. The van der Waals surface area contributed by atoms with E-state index in [1.807, 2.05) is 30.5 Å².